The molecule has 0 aliphatic carbocycles. The van der Waals surface area contributed by atoms with E-state index in [4.69, 9.17) is 14.9 Å². The maximum absolute atomic E-state index is 14.1. The molecule has 3 unspecified atom stereocenters. The molecule has 11 nitrogen and oxygen atoms in total. The van der Waals surface area contributed by atoms with E-state index in [0.717, 1.165) is 30.6 Å². The molecule has 154 valence electrons. The van der Waals surface area contributed by atoms with Crippen LogP contribution in [-0.2, 0) is 4.74 Å². The average molecular weight is 412 g/mol. The van der Waals surface area contributed by atoms with Crippen LogP contribution in [0.5, 0.6) is 0 Å². The molecule has 0 aromatic carbocycles. The Bertz CT molecular complexity index is 996. The molecule has 2 aromatic rings. The van der Waals surface area contributed by atoms with Gasteiger partial charge in [0.15, 0.2) is 6.10 Å². The summed E-state index contributed by atoms with van der Waals surface area (Å²) in [5.41, 5.74) is -1.50. The number of anilines is 1. The van der Waals surface area contributed by atoms with Crippen molar-refractivity contribution in [1.29, 1.82) is 0 Å². The maximum atomic E-state index is 14.1. The summed E-state index contributed by atoms with van der Waals surface area (Å²) in [6, 6.07) is 3.34. The van der Waals surface area contributed by atoms with Crippen LogP contribution >= 0.6 is 0 Å². The van der Waals surface area contributed by atoms with Gasteiger partial charge in [0.05, 0.1) is 12.2 Å². The van der Waals surface area contributed by atoms with E-state index in [-0.39, 0.29) is 17.1 Å². The van der Waals surface area contributed by atoms with Crippen LogP contribution in [0.1, 0.15) is 27.1 Å². The molecule has 1 saturated heterocycles. The monoisotopic (exact) mass is 412 g/mol. The number of amides is 1. The molecule has 0 spiro atoms. The van der Waals surface area contributed by atoms with Crippen LogP contribution in [-0.4, -0.2) is 66.5 Å². The lowest BCUT2D eigenvalue weighted by Crippen LogP contribution is -2.41. The van der Waals surface area contributed by atoms with Crippen LogP contribution < -0.4 is 11.0 Å². The lowest BCUT2D eigenvalue weighted by atomic mass is 10.1. The zero-order valence-corrected chi connectivity index (χ0v) is 14.4. The highest BCUT2D eigenvalue weighted by Gasteiger charge is 2.59. The van der Waals surface area contributed by atoms with Crippen molar-refractivity contribution in [3.63, 3.8) is 0 Å². The lowest BCUT2D eigenvalue weighted by Gasteiger charge is -2.21. The quantitative estimate of drug-likeness (QED) is 0.505. The summed E-state index contributed by atoms with van der Waals surface area (Å²) in [7, 11) is 0. The van der Waals surface area contributed by atoms with Gasteiger partial charge in [0.2, 0.25) is 6.23 Å². The molecule has 3 atom stereocenters. The molecule has 1 aliphatic rings. The number of aliphatic hydroxyl groups is 2. The summed E-state index contributed by atoms with van der Waals surface area (Å²) in [6.45, 7) is -0.878. The van der Waals surface area contributed by atoms with E-state index >= 15 is 0 Å². The van der Waals surface area contributed by atoms with E-state index in [9.17, 15) is 28.3 Å². The summed E-state index contributed by atoms with van der Waals surface area (Å²) in [5.74, 6) is -6.18. The molecular formula is C16H14F2N4O7. The number of hydrogen-bond acceptors (Lipinski definition) is 8. The van der Waals surface area contributed by atoms with Crippen LogP contribution in [0.15, 0.2) is 35.4 Å². The highest BCUT2D eigenvalue weighted by molar-refractivity contribution is 6.02. The number of rotatable bonds is 5. The first-order chi connectivity index (χ1) is 13.6. The molecule has 4 N–H and O–H groups in total. The number of aliphatic hydroxyl groups excluding tert-OH is 2. The Kier molecular flexibility index (Phi) is 5.37. The minimum absolute atomic E-state index is 0.136. The number of carboxylic acid groups (broad SMARTS) is 1. The number of alkyl halides is 2. The molecule has 1 aliphatic heterocycles. The normalized spacial score (nSPS) is 23.0. The van der Waals surface area contributed by atoms with E-state index in [2.05, 4.69) is 15.3 Å². The zero-order valence-electron chi connectivity index (χ0n) is 14.4. The van der Waals surface area contributed by atoms with E-state index in [1.165, 1.54) is 0 Å². The number of carbonyl (C=O) groups excluding carboxylic acids is 1. The third kappa shape index (κ3) is 3.83. The Morgan fingerprint density at radius 1 is 1.31 bits per heavy atom. The summed E-state index contributed by atoms with van der Waals surface area (Å²) in [4.78, 5) is 42.1. The minimum atomic E-state index is -3.86. The predicted molar refractivity (Wildman–Crippen MR) is 89.6 cm³/mol. The first-order valence-corrected chi connectivity index (χ1v) is 8.07. The van der Waals surface area contributed by atoms with Crippen molar-refractivity contribution in [1.82, 2.24) is 14.5 Å². The number of pyridine rings is 1. The van der Waals surface area contributed by atoms with Gasteiger partial charge in [0.25, 0.3) is 5.91 Å². The summed E-state index contributed by atoms with van der Waals surface area (Å²) in [6.07, 6.45) is -4.24. The minimum Gasteiger partial charge on any atom is -0.478 e. The van der Waals surface area contributed by atoms with Gasteiger partial charge in [0, 0.05) is 12.4 Å². The van der Waals surface area contributed by atoms with Gasteiger partial charge in [-0.3, -0.25) is 14.3 Å². The molecule has 13 heteroatoms. The largest absolute Gasteiger partial charge is 0.478 e. The molecule has 0 bridgehead atoms. The van der Waals surface area contributed by atoms with Gasteiger partial charge in [-0.05, 0) is 18.2 Å². The fourth-order valence-corrected chi connectivity index (χ4v) is 2.61. The molecule has 1 fully saturated rings. The van der Waals surface area contributed by atoms with Gasteiger partial charge in [-0.25, -0.2) is 9.59 Å². The Labute approximate surface area is 160 Å². The first kappa shape index (κ1) is 20.4. The molecular weight excluding hydrogens is 398 g/mol. The summed E-state index contributed by atoms with van der Waals surface area (Å²) >= 11 is 0. The van der Waals surface area contributed by atoms with Crippen molar-refractivity contribution in [2.75, 3.05) is 11.9 Å². The Morgan fingerprint density at radius 3 is 2.55 bits per heavy atom. The number of carboxylic acids is 1. The van der Waals surface area contributed by atoms with Crippen molar-refractivity contribution >= 4 is 17.7 Å². The average Bonchev–Trinajstić information content (AvgIpc) is 2.91. The van der Waals surface area contributed by atoms with Crippen LogP contribution in [0, 0.1) is 0 Å². The smallest absolute Gasteiger partial charge is 0.351 e. The van der Waals surface area contributed by atoms with Crippen molar-refractivity contribution in [2.24, 2.45) is 0 Å². The van der Waals surface area contributed by atoms with Crippen molar-refractivity contribution in [3.05, 3.63) is 52.3 Å². The van der Waals surface area contributed by atoms with Gasteiger partial charge in [-0.15, -0.1) is 0 Å². The van der Waals surface area contributed by atoms with Gasteiger partial charge < -0.3 is 25.4 Å². The number of nitrogens with zero attached hydrogens (tertiary/aromatic N) is 3. The zero-order chi connectivity index (χ0) is 21.3. The van der Waals surface area contributed by atoms with Gasteiger partial charge in [-0.1, -0.05) is 0 Å². The second-order valence-electron chi connectivity index (χ2n) is 6.02. The van der Waals surface area contributed by atoms with Crippen molar-refractivity contribution in [3.8, 4) is 0 Å². The van der Waals surface area contributed by atoms with Crippen LogP contribution in [0.3, 0.4) is 0 Å². The second-order valence-corrected chi connectivity index (χ2v) is 6.02. The van der Waals surface area contributed by atoms with Gasteiger partial charge in [0.1, 0.15) is 17.6 Å². The number of halogens is 2. The number of hydrogen-bond donors (Lipinski definition) is 4. The molecule has 3 heterocycles. The topological polar surface area (TPSA) is 164 Å². The SMILES string of the molecule is O=C(O)c1ccc(C(=O)Nc2ccn(C3OC(CO)C(O)C3(F)F)c(=O)n2)nc1. The standard InChI is InChI=1S/C16H14F2N4O7/c17-16(18)11(24)9(6-23)29-14(16)22-4-3-10(21-15(22)28)20-12(25)8-2-1-7(5-19-8)13(26)27/h1-5,9,11,14,23-24H,6H2,(H,26,27)(H,20,21,25,28). The molecule has 3 rings (SSSR count). The first-order valence-electron chi connectivity index (χ1n) is 8.07. The van der Waals surface area contributed by atoms with Crippen molar-refractivity contribution in [2.45, 2.75) is 24.4 Å². The van der Waals surface area contributed by atoms with Crippen LogP contribution in [0.2, 0.25) is 0 Å². The fraction of sp³-hybridized carbons (Fsp3) is 0.312. The Hall–Kier alpha value is -3.29. The van der Waals surface area contributed by atoms with Crippen LogP contribution in [0.25, 0.3) is 0 Å². The van der Waals surface area contributed by atoms with E-state index < -0.39 is 48.5 Å². The van der Waals surface area contributed by atoms with E-state index in [0.29, 0.717) is 4.57 Å². The number of nitrogens with one attached hydrogen (secondary N) is 1. The summed E-state index contributed by atoms with van der Waals surface area (Å²) < 4.78 is 33.5. The predicted octanol–water partition coefficient (Wildman–Crippen LogP) is -0.525. The number of aromatic carboxylic acids is 1. The van der Waals surface area contributed by atoms with E-state index in [1.54, 1.807) is 0 Å². The highest BCUT2D eigenvalue weighted by Crippen LogP contribution is 2.41. The number of ether oxygens (including phenoxy) is 1. The van der Waals surface area contributed by atoms with E-state index in [1.807, 2.05) is 0 Å². The third-order valence-electron chi connectivity index (χ3n) is 4.13. The maximum Gasteiger partial charge on any atom is 0.351 e. The molecule has 29 heavy (non-hydrogen) atoms. The Morgan fingerprint density at radius 2 is 2.03 bits per heavy atom. The van der Waals surface area contributed by atoms with Gasteiger partial charge >= 0.3 is 17.6 Å². The van der Waals surface area contributed by atoms with Gasteiger partial charge in [-0.2, -0.15) is 13.8 Å². The third-order valence-corrected chi connectivity index (χ3v) is 4.13. The number of aromatic nitrogens is 3. The molecule has 1 amide bonds. The summed E-state index contributed by atoms with van der Waals surface area (Å²) in [5, 5.41) is 29.5. The Balaban J connectivity index is 1.78. The lowest BCUT2D eigenvalue weighted by molar-refractivity contribution is -0.140. The molecule has 0 radical (unpaired) electrons. The van der Waals surface area contributed by atoms with Crippen LogP contribution in [0.4, 0.5) is 14.6 Å². The van der Waals surface area contributed by atoms with Crippen molar-refractivity contribution < 1.29 is 38.4 Å². The molecule has 2 aromatic heterocycles. The number of carbonyl (C=O) groups is 2. The fourth-order valence-electron chi connectivity index (χ4n) is 2.61. The highest BCUT2D eigenvalue weighted by atomic mass is 19.3. The molecule has 0 saturated carbocycles. The second kappa shape index (κ2) is 7.62.